The van der Waals surface area contributed by atoms with Crippen molar-refractivity contribution < 1.29 is 4.74 Å². The predicted molar refractivity (Wildman–Crippen MR) is 50.2 cm³/mol. The molecule has 0 aromatic heterocycles. The van der Waals surface area contributed by atoms with Gasteiger partial charge < -0.3 is 10.5 Å². The lowest BCUT2D eigenvalue weighted by Crippen LogP contribution is -2.35. The third-order valence-corrected chi connectivity index (χ3v) is 2.39. The second-order valence-electron chi connectivity index (χ2n) is 3.67. The molecule has 0 amide bonds. The Hall–Kier alpha value is -2.19. The van der Waals surface area contributed by atoms with E-state index < -0.39 is 11.5 Å². The number of hydrogen-bond acceptors (Lipinski definition) is 5. The Morgan fingerprint density at radius 2 is 1.87 bits per heavy atom. The molecule has 0 unspecified atom stereocenters. The number of nitrogens with zero attached hydrogens (tertiary/aromatic N) is 3. The Morgan fingerprint density at radius 3 is 2.20 bits per heavy atom. The average Bonchev–Trinajstić information content (AvgIpc) is 2.51. The summed E-state index contributed by atoms with van der Waals surface area (Å²) in [5, 5.41) is 27.0. The fraction of sp³-hybridized carbons (Fsp3) is 0.500. The second kappa shape index (κ2) is 3.52. The van der Waals surface area contributed by atoms with Gasteiger partial charge in [0.15, 0.2) is 0 Å². The molecule has 2 N–H and O–H groups in total. The average molecular weight is 202 g/mol. The molecular formula is C10H10N4O. The Balaban J connectivity index is 3.35. The van der Waals surface area contributed by atoms with Crippen molar-refractivity contribution in [1.29, 1.82) is 15.8 Å². The Morgan fingerprint density at radius 1 is 1.33 bits per heavy atom. The molecule has 1 atom stereocenters. The smallest absolute Gasteiger partial charge is 0.220 e. The molecular weight excluding hydrogens is 192 g/mol. The van der Waals surface area contributed by atoms with E-state index in [2.05, 4.69) is 0 Å². The molecule has 1 rings (SSSR count). The highest BCUT2D eigenvalue weighted by molar-refractivity contribution is 5.47. The Bertz CT molecular complexity index is 416. The fourth-order valence-electron chi connectivity index (χ4n) is 1.66. The summed E-state index contributed by atoms with van der Waals surface area (Å²) in [6, 6.07) is 5.46. The molecule has 5 nitrogen and oxygen atoms in total. The first kappa shape index (κ1) is 10.9. The van der Waals surface area contributed by atoms with Crippen molar-refractivity contribution in [2.75, 3.05) is 0 Å². The molecule has 0 spiro atoms. The normalized spacial score (nSPS) is 22.8. The first-order chi connectivity index (χ1) is 7.03. The van der Waals surface area contributed by atoms with Crippen LogP contribution in [0.25, 0.3) is 0 Å². The van der Waals surface area contributed by atoms with Gasteiger partial charge in [-0.3, -0.25) is 0 Å². The molecule has 0 aromatic carbocycles. The fourth-order valence-corrected chi connectivity index (χ4v) is 1.66. The van der Waals surface area contributed by atoms with Gasteiger partial charge in [0.2, 0.25) is 11.3 Å². The first-order valence-electron chi connectivity index (χ1n) is 4.43. The van der Waals surface area contributed by atoms with Crippen LogP contribution < -0.4 is 5.73 Å². The van der Waals surface area contributed by atoms with Gasteiger partial charge in [-0.25, -0.2) is 0 Å². The van der Waals surface area contributed by atoms with E-state index in [0.717, 1.165) is 0 Å². The minimum Gasteiger partial charge on any atom is -0.472 e. The number of nitriles is 3. The highest BCUT2D eigenvalue weighted by Crippen LogP contribution is 2.42. The van der Waals surface area contributed by atoms with Crippen molar-refractivity contribution in [2.24, 2.45) is 17.1 Å². The topological polar surface area (TPSA) is 107 Å². The zero-order valence-corrected chi connectivity index (χ0v) is 8.48. The van der Waals surface area contributed by atoms with Gasteiger partial charge >= 0.3 is 0 Å². The van der Waals surface area contributed by atoms with Gasteiger partial charge in [0, 0.05) is 0 Å². The highest BCUT2D eigenvalue weighted by atomic mass is 16.5. The van der Waals surface area contributed by atoms with Gasteiger partial charge in [0.05, 0.1) is 12.1 Å². The van der Waals surface area contributed by atoms with Crippen LogP contribution in [0, 0.1) is 45.3 Å². The highest BCUT2D eigenvalue weighted by Gasteiger charge is 2.53. The first-order valence-corrected chi connectivity index (χ1v) is 4.43. The Labute approximate surface area is 88.0 Å². The van der Waals surface area contributed by atoms with Crippen molar-refractivity contribution >= 4 is 0 Å². The summed E-state index contributed by atoms with van der Waals surface area (Å²) < 4.78 is 5.21. The van der Waals surface area contributed by atoms with E-state index in [1.54, 1.807) is 6.07 Å². The maximum absolute atomic E-state index is 9.06. The lowest BCUT2D eigenvalue weighted by molar-refractivity contribution is 0.0644. The molecule has 0 radical (unpaired) electrons. The standard InChI is InChI=1S/C10H10N4O/c1-6(2)8-10(4-12,5-13)7(3-11)9(14)15-8/h6,8H,14H2,1-2H3/t8-/m0/s1. The second-order valence-corrected chi connectivity index (χ2v) is 3.67. The number of nitrogens with two attached hydrogens (primary N) is 1. The Kier molecular flexibility index (Phi) is 2.55. The predicted octanol–water partition coefficient (Wildman–Crippen LogP) is 0.769. The van der Waals surface area contributed by atoms with Crippen LogP contribution in [0.3, 0.4) is 0 Å². The molecule has 0 aromatic rings. The van der Waals surface area contributed by atoms with Gasteiger partial charge in [-0.15, -0.1) is 0 Å². The molecule has 1 aliphatic heterocycles. The summed E-state index contributed by atoms with van der Waals surface area (Å²) in [4.78, 5) is 0. The SMILES string of the molecule is CC(C)[C@@H]1OC(N)=C(C#N)C1(C#N)C#N. The quantitative estimate of drug-likeness (QED) is 0.675. The molecule has 0 bridgehead atoms. The van der Waals surface area contributed by atoms with E-state index in [1.165, 1.54) is 0 Å². The number of ether oxygens (including phenoxy) is 1. The minimum atomic E-state index is -1.56. The van der Waals surface area contributed by atoms with Crippen LogP contribution >= 0.6 is 0 Å². The third-order valence-electron chi connectivity index (χ3n) is 2.39. The summed E-state index contributed by atoms with van der Waals surface area (Å²) >= 11 is 0. The minimum absolute atomic E-state index is 0.0753. The largest absolute Gasteiger partial charge is 0.472 e. The van der Waals surface area contributed by atoms with E-state index >= 15 is 0 Å². The van der Waals surface area contributed by atoms with Crippen LogP contribution in [0.4, 0.5) is 0 Å². The summed E-state index contributed by atoms with van der Waals surface area (Å²) in [6.07, 6.45) is -0.679. The lowest BCUT2D eigenvalue weighted by Gasteiger charge is -2.23. The molecule has 1 aliphatic rings. The van der Waals surface area contributed by atoms with Crippen molar-refractivity contribution in [1.82, 2.24) is 0 Å². The number of hydrogen-bond donors (Lipinski definition) is 1. The summed E-state index contributed by atoms with van der Waals surface area (Å²) in [7, 11) is 0. The van der Waals surface area contributed by atoms with Gasteiger partial charge in [0.25, 0.3) is 0 Å². The monoisotopic (exact) mass is 202 g/mol. The maximum Gasteiger partial charge on any atom is 0.220 e. The maximum atomic E-state index is 9.06. The molecule has 0 fully saturated rings. The lowest BCUT2D eigenvalue weighted by atomic mass is 9.76. The van der Waals surface area contributed by atoms with Gasteiger partial charge in [-0.2, -0.15) is 15.8 Å². The van der Waals surface area contributed by atoms with Gasteiger partial charge in [-0.05, 0) is 5.92 Å². The van der Waals surface area contributed by atoms with Crippen molar-refractivity contribution in [3.05, 3.63) is 11.5 Å². The zero-order chi connectivity index (χ0) is 11.6. The van der Waals surface area contributed by atoms with Crippen LogP contribution in [-0.4, -0.2) is 6.10 Å². The van der Waals surface area contributed by atoms with Crippen LogP contribution in [-0.2, 0) is 4.74 Å². The van der Waals surface area contributed by atoms with Crippen molar-refractivity contribution in [3.8, 4) is 18.2 Å². The van der Waals surface area contributed by atoms with Gasteiger partial charge in [-0.1, -0.05) is 13.8 Å². The van der Waals surface area contributed by atoms with E-state index in [9.17, 15) is 0 Å². The summed E-state index contributed by atoms with van der Waals surface area (Å²) in [5.41, 5.74) is 3.84. The van der Waals surface area contributed by atoms with Crippen LogP contribution in [0.15, 0.2) is 11.5 Å². The van der Waals surface area contributed by atoms with Crippen LogP contribution in [0.2, 0.25) is 0 Å². The third kappa shape index (κ3) is 1.28. The molecule has 76 valence electrons. The zero-order valence-electron chi connectivity index (χ0n) is 8.48. The van der Waals surface area contributed by atoms with Gasteiger partial charge in [0.1, 0.15) is 17.7 Å². The molecule has 0 saturated heterocycles. The van der Waals surface area contributed by atoms with Crippen molar-refractivity contribution in [3.63, 3.8) is 0 Å². The molecule has 5 heteroatoms. The van der Waals surface area contributed by atoms with Crippen LogP contribution in [0.5, 0.6) is 0 Å². The number of rotatable bonds is 1. The molecule has 0 saturated carbocycles. The molecule has 1 heterocycles. The van der Waals surface area contributed by atoms with Crippen molar-refractivity contribution in [2.45, 2.75) is 20.0 Å². The van der Waals surface area contributed by atoms with Crippen LogP contribution in [0.1, 0.15) is 13.8 Å². The van der Waals surface area contributed by atoms with E-state index in [0.29, 0.717) is 0 Å². The molecule has 0 aliphatic carbocycles. The van der Waals surface area contributed by atoms with E-state index in [-0.39, 0.29) is 17.4 Å². The summed E-state index contributed by atoms with van der Waals surface area (Å²) in [6.45, 7) is 3.61. The molecule has 15 heavy (non-hydrogen) atoms. The van der Waals surface area contributed by atoms with E-state index in [1.807, 2.05) is 26.0 Å². The summed E-state index contributed by atoms with van der Waals surface area (Å²) in [5.74, 6) is -0.187. The van der Waals surface area contributed by atoms with E-state index in [4.69, 9.17) is 26.3 Å².